The standard InChI is InChI=1S/C8H14N2O/c1-4-10(5-2)8(11-3)6-7-9/h6H,4-5H2,1-3H3/b8-6-. The molecule has 11 heavy (non-hydrogen) atoms. The van der Waals surface area contributed by atoms with Crippen molar-refractivity contribution in [2.24, 2.45) is 0 Å². The molecule has 0 spiro atoms. The molecule has 0 saturated heterocycles. The van der Waals surface area contributed by atoms with Gasteiger partial charge in [0, 0.05) is 13.1 Å². The van der Waals surface area contributed by atoms with E-state index in [1.54, 1.807) is 7.11 Å². The largest absolute Gasteiger partial charge is 0.482 e. The van der Waals surface area contributed by atoms with Crippen LogP contribution in [0.2, 0.25) is 0 Å². The molecule has 0 bridgehead atoms. The topological polar surface area (TPSA) is 36.3 Å². The van der Waals surface area contributed by atoms with Crippen LogP contribution in [0.3, 0.4) is 0 Å². The van der Waals surface area contributed by atoms with Gasteiger partial charge >= 0.3 is 0 Å². The number of hydrogen-bond donors (Lipinski definition) is 0. The third-order valence-corrected chi connectivity index (χ3v) is 1.47. The molecule has 0 aromatic carbocycles. The molecule has 0 aromatic rings. The molecule has 0 amide bonds. The molecule has 0 aliphatic carbocycles. The molecule has 3 nitrogen and oxygen atoms in total. The Kier molecular flexibility index (Phi) is 5.01. The van der Waals surface area contributed by atoms with E-state index in [-0.39, 0.29) is 0 Å². The molecule has 62 valence electrons. The summed E-state index contributed by atoms with van der Waals surface area (Å²) in [5, 5.41) is 8.37. The van der Waals surface area contributed by atoms with Crippen LogP contribution in [0.5, 0.6) is 0 Å². The van der Waals surface area contributed by atoms with Crippen LogP contribution in [0.1, 0.15) is 13.8 Å². The van der Waals surface area contributed by atoms with Crippen molar-refractivity contribution >= 4 is 0 Å². The smallest absolute Gasteiger partial charge is 0.199 e. The number of allylic oxidation sites excluding steroid dienone is 1. The fraction of sp³-hybridized carbons (Fsp3) is 0.625. The zero-order valence-electron chi connectivity index (χ0n) is 7.29. The van der Waals surface area contributed by atoms with Gasteiger partial charge in [-0.15, -0.1) is 0 Å². The second-order valence-electron chi connectivity index (χ2n) is 1.99. The van der Waals surface area contributed by atoms with E-state index in [2.05, 4.69) is 0 Å². The summed E-state index contributed by atoms with van der Waals surface area (Å²) in [6.45, 7) is 5.76. The van der Waals surface area contributed by atoms with Crippen molar-refractivity contribution in [3.63, 3.8) is 0 Å². The van der Waals surface area contributed by atoms with E-state index in [0.29, 0.717) is 5.88 Å². The third-order valence-electron chi connectivity index (χ3n) is 1.47. The monoisotopic (exact) mass is 154 g/mol. The number of nitrogens with zero attached hydrogens (tertiary/aromatic N) is 2. The maximum absolute atomic E-state index is 8.37. The van der Waals surface area contributed by atoms with E-state index < -0.39 is 0 Å². The zero-order valence-corrected chi connectivity index (χ0v) is 7.29. The summed E-state index contributed by atoms with van der Waals surface area (Å²) in [6.07, 6.45) is 1.41. The molecule has 0 rings (SSSR count). The molecule has 3 heteroatoms. The normalized spacial score (nSPS) is 10.5. The fourth-order valence-electron chi connectivity index (χ4n) is 0.870. The molecule has 0 saturated carbocycles. The summed E-state index contributed by atoms with van der Waals surface area (Å²) in [5.41, 5.74) is 0. The lowest BCUT2D eigenvalue weighted by Crippen LogP contribution is -2.23. The van der Waals surface area contributed by atoms with E-state index in [4.69, 9.17) is 10.00 Å². The van der Waals surface area contributed by atoms with Crippen molar-refractivity contribution in [3.8, 4) is 6.07 Å². The van der Waals surface area contributed by atoms with Gasteiger partial charge in [0.05, 0.1) is 19.3 Å². The Morgan fingerprint density at radius 2 is 2.09 bits per heavy atom. The minimum atomic E-state index is 0.637. The number of ether oxygens (including phenoxy) is 1. The predicted octanol–water partition coefficient (Wildman–Crippen LogP) is 1.34. The molecule has 0 fully saturated rings. The fourth-order valence-corrected chi connectivity index (χ4v) is 0.870. The van der Waals surface area contributed by atoms with Gasteiger partial charge < -0.3 is 9.64 Å². The molecule has 0 aliphatic heterocycles. The van der Waals surface area contributed by atoms with Gasteiger partial charge in [-0.1, -0.05) is 0 Å². The zero-order chi connectivity index (χ0) is 8.69. The highest BCUT2D eigenvalue weighted by atomic mass is 16.5. The van der Waals surface area contributed by atoms with Gasteiger partial charge in [0.25, 0.3) is 0 Å². The Hall–Kier alpha value is -1.17. The highest BCUT2D eigenvalue weighted by molar-refractivity contribution is 5.07. The van der Waals surface area contributed by atoms with E-state index in [0.717, 1.165) is 13.1 Å². The first-order valence-electron chi connectivity index (χ1n) is 3.68. The molecule has 0 unspecified atom stereocenters. The molecule has 0 atom stereocenters. The SMILES string of the molecule is CCN(CC)/C(=C/C#N)OC. The van der Waals surface area contributed by atoms with Crippen molar-refractivity contribution in [2.45, 2.75) is 13.8 Å². The van der Waals surface area contributed by atoms with Crippen LogP contribution in [0, 0.1) is 11.3 Å². The van der Waals surface area contributed by atoms with Crippen molar-refractivity contribution in [3.05, 3.63) is 12.0 Å². The Morgan fingerprint density at radius 3 is 2.36 bits per heavy atom. The molecular formula is C8H14N2O. The second-order valence-corrected chi connectivity index (χ2v) is 1.99. The van der Waals surface area contributed by atoms with Crippen LogP contribution in [0.15, 0.2) is 12.0 Å². The summed E-state index contributed by atoms with van der Waals surface area (Å²) in [4.78, 5) is 1.98. The van der Waals surface area contributed by atoms with Crippen LogP contribution >= 0.6 is 0 Å². The molecule has 0 N–H and O–H groups in total. The quantitative estimate of drug-likeness (QED) is 0.453. The molecule has 0 radical (unpaired) electrons. The van der Waals surface area contributed by atoms with E-state index in [1.165, 1.54) is 6.08 Å². The maximum Gasteiger partial charge on any atom is 0.199 e. The summed E-state index contributed by atoms with van der Waals surface area (Å²) < 4.78 is 5.00. The van der Waals surface area contributed by atoms with Crippen molar-refractivity contribution < 1.29 is 4.74 Å². The van der Waals surface area contributed by atoms with E-state index in [9.17, 15) is 0 Å². The highest BCUT2D eigenvalue weighted by Gasteiger charge is 2.03. The van der Waals surface area contributed by atoms with Gasteiger partial charge in [-0.2, -0.15) is 5.26 Å². The second kappa shape index (κ2) is 5.60. The highest BCUT2D eigenvalue weighted by Crippen LogP contribution is 2.02. The van der Waals surface area contributed by atoms with Gasteiger partial charge in [-0.05, 0) is 13.8 Å². The van der Waals surface area contributed by atoms with E-state index in [1.807, 2.05) is 24.8 Å². The Bertz CT molecular complexity index is 165. The Balaban J connectivity index is 4.24. The maximum atomic E-state index is 8.37. The van der Waals surface area contributed by atoms with Crippen LogP contribution in [-0.2, 0) is 4.74 Å². The predicted molar refractivity (Wildman–Crippen MR) is 43.6 cm³/mol. The van der Waals surface area contributed by atoms with E-state index >= 15 is 0 Å². The lowest BCUT2D eigenvalue weighted by Gasteiger charge is -2.21. The van der Waals surface area contributed by atoms with Gasteiger partial charge in [0.2, 0.25) is 0 Å². The summed E-state index contributed by atoms with van der Waals surface area (Å²) in [6, 6.07) is 1.94. The first-order valence-corrected chi connectivity index (χ1v) is 3.68. The molecular weight excluding hydrogens is 140 g/mol. The molecule has 0 aromatic heterocycles. The van der Waals surface area contributed by atoms with Crippen LogP contribution in [0.25, 0.3) is 0 Å². The summed E-state index contributed by atoms with van der Waals surface area (Å²) in [7, 11) is 1.57. The third kappa shape index (κ3) is 2.94. The Labute approximate surface area is 67.9 Å². The van der Waals surface area contributed by atoms with Crippen LogP contribution < -0.4 is 0 Å². The van der Waals surface area contributed by atoms with Crippen molar-refractivity contribution in [1.82, 2.24) is 4.90 Å². The van der Waals surface area contributed by atoms with Crippen LogP contribution in [0.4, 0.5) is 0 Å². The number of nitriles is 1. The lowest BCUT2D eigenvalue weighted by atomic mass is 10.5. The average Bonchev–Trinajstić information content (AvgIpc) is 2.05. The number of rotatable bonds is 4. The summed E-state index contributed by atoms with van der Waals surface area (Å²) in [5.74, 6) is 0.637. The average molecular weight is 154 g/mol. The first kappa shape index (κ1) is 9.83. The van der Waals surface area contributed by atoms with Crippen molar-refractivity contribution in [1.29, 1.82) is 5.26 Å². The minimum Gasteiger partial charge on any atom is -0.482 e. The van der Waals surface area contributed by atoms with Gasteiger partial charge in [-0.25, -0.2) is 0 Å². The van der Waals surface area contributed by atoms with Crippen LogP contribution in [-0.4, -0.2) is 25.1 Å². The number of hydrogen-bond acceptors (Lipinski definition) is 3. The van der Waals surface area contributed by atoms with Gasteiger partial charge in [0.15, 0.2) is 5.88 Å². The molecule has 0 heterocycles. The first-order chi connectivity index (χ1) is 5.29. The summed E-state index contributed by atoms with van der Waals surface area (Å²) >= 11 is 0. The minimum absolute atomic E-state index is 0.637. The Morgan fingerprint density at radius 1 is 1.55 bits per heavy atom. The lowest BCUT2D eigenvalue weighted by molar-refractivity contribution is 0.163. The van der Waals surface area contributed by atoms with Crippen molar-refractivity contribution in [2.75, 3.05) is 20.2 Å². The molecule has 0 aliphatic rings. The van der Waals surface area contributed by atoms with Gasteiger partial charge in [-0.3, -0.25) is 0 Å². The number of methoxy groups -OCH3 is 1. The van der Waals surface area contributed by atoms with Gasteiger partial charge in [0.1, 0.15) is 0 Å².